The van der Waals surface area contributed by atoms with Crippen molar-refractivity contribution in [1.82, 2.24) is 10.2 Å². The van der Waals surface area contributed by atoms with E-state index < -0.39 is 0 Å². The molecule has 1 N–H and O–H groups in total. The molecule has 2 atom stereocenters. The van der Waals surface area contributed by atoms with Gasteiger partial charge in [-0.2, -0.15) is 0 Å². The Morgan fingerprint density at radius 3 is 2.41 bits per heavy atom. The Hall–Kier alpha value is -0.0800. The molecule has 0 spiro atoms. The highest BCUT2D eigenvalue weighted by Gasteiger charge is 2.43. The lowest BCUT2D eigenvalue weighted by molar-refractivity contribution is 0.0511. The van der Waals surface area contributed by atoms with Gasteiger partial charge < -0.3 is 5.32 Å². The monoisotopic (exact) mass is 236 g/mol. The van der Waals surface area contributed by atoms with Gasteiger partial charge in [-0.05, 0) is 69.9 Å². The van der Waals surface area contributed by atoms with Crippen LogP contribution in [-0.4, -0.2) is 36.6 Å². The zero-order valence-corrected chi connectivity index (χ0v) is 11.3. The summed E-state index contributed by atoms with van der Waals surface area (Å²) in [5, 5.41) is 3.62. The second-order valence-electron chi connectivity index (χ2n) is 6.48. The molecule has 0 aliphatic heterocycles. The van der Waals surface area contributed by atoms with Gasteiger partial charge in [0.2, 0.25) is 0 Å². The quantitative estimate of drug-likeness (QED) is 0.652. The lowest BCUT2D eigenvalue weighted by Crippen LogP contribution is -2.52. The van der Waals surface area contributed by atoms with Crippen molar-refractivity contribution in [1.29, 1.82) is 0 Å². The summed E-state index contributed by atoms with van der Waals surface area (Å²) in [6.07, 6.45) is 10.2. The first-order valence-electron chi connectivity index (χ1n) is 7.85. The van der Waals surface area contributed by atoms with Crippen LogP contribution in [0.3, 0.4) is 0 Å². The lowest BCUT2D eigenvalue weighted by atomic mass is 9.78. The van der Waals surface area contributed by atoms with Gasteiger partial charge in [-0.15, -0.1) is 0 Å². The van der Waals surface area contributed by atoms with Gasteiger partial charge in [0, 0.05) is 18.6 Å². The molecule has 17 heavy (non-hydrogen) atoms. The van der Waals surface area contributed by atoms with E-state index in [-0.39, 0.29) is 0 Å². The van der Waals surface area contributed by atoms with E-state index in [1.54, 1.807) is 0 Å². The van der Waals surface area contributed by atoms with Crippen LogP contribution < -0.4 is 5.32 Å². The highest BCUT2D eigenvalue weighted by molar-refractivity contribution is 4.98. The molecule has 0 heterocycles. The van der Waals surface area contributed by atoms with Gasteiger partial charge in [0.05, 0.1) is 0 Å². The summed E-state index contributed by atoms with van der Waals surface area (Å²) < 4.78 is 0. The predicted molar refractivity (Wildman–Crippen MR) is 72.1 cm³/mol. The summed E-state index contributed by atoms with van der Waals surface area (Å²) in [5.41, 5.74) is 0. The van der Waals surface area contributed by atoms with Crippen molar-refractivity contribution in [2.24, 2.45) is 11.8 Å². The molecule has 3 aliphatic rings. The number of nitrogens with zero attached hydrogens (tertiary/aromatic N) is 1. The SMILES string of the molecule is CCCNCC1CCC1N(CC1CC1)C1CC1. The average Bonchev–Trinajstić information content (AvgIpc) is 3.14. The largest absolute Gasteiger partial charge is 0.316 e. The molecule has 2 unspecified atom stereocenters. The highest BCUT2D eigenvalue weighted by atomic mass is 15.2. The first-order chi connectivity index (χ1) is 8.38. The van der Waals surface area contributed by atoms with Gasteiger partial charge in [0.1, 0.15) is 0 Å². The minimum absolute atomic E-state index is 0.937. The Morgan fingerprint density at radius 2 is 1.88 bits per heavy atom. The molecule has 2 nitrogen and oxygen atoms in total. The minimum Gasteiger partial charge on any atom is -0.316 e. The van der Waals surface area contributed by atoms with Crippen LogP contribution in [0.4, 0.5) is 0 Å². The fourth-order valence-corrected chi connectivity index (χ4v) is 3.25. The van der Waals surface area contributed by atoms with E-state index in [4.69, 9.17) is 0 Å². The van der Waals surface area contributed by atoms with Crippen LogP contribution in [0, 0.1) is 11.8 Å². The maximum atomic E-state index is 3.62. The highest BCUT2D eigenvalue weighted by Crippen LogP contribution is 2.42. The van der Waals surface area contributed by atoms with Crippen molar-refractivity contribution in [3.05, 3.63) is 0 Å². The Kier molecular flexibility index (Phi) is 3.72. The van der Waals surface area contributed by atoms with Crippen molar-refractivity contribution in [2.75, 3.05) is 19.6 Å². The molecule has 3 fully saturated rings. The first-order valence-corrected chi connectivity index (χ1v) is 7.85. The van der Waals surface area contributed by atoms with Crippen LogP contribution in [-0.2, 0) is 0 Å². The fourth-order valence-electron chi connectivity index (χ4n) is 3.25. The van der Waals surface area contributed by atoms with Crippen molar-refractivity contribution in [3.63, 3.8) is 0 Å². The molecule has 0 aromatic carbocycles. The standard InChI is InChI=1S/C15H28N2/c1-2-9-16-10-13-5-8-15(13)17(14-6-7-14)11-12-3-4-12/h12-16H,2-11H2,1H3. The third-order valence-electron chi connectivity index (χ3n) is 4.82. The van der Waals surface area contributed by atoms with Gasteiger partial charge >= 0.3 is 0 Å². The lowest BCUT2D eigenvalue weighted by Gasteiger charge is -2.45. The van der Waals surface area contributed by atoms with E-state index in [2.05, 4.69) is 17.1 Å². The topological polar surface area (TPSA) is 15.3 Å². The number of rotatable bonds is 8. The van der Waals surface area contributed by atoms with Crippen LogP contribution in [0.1, 0.15) is 51.9 Å². The van der Waals surface area contributed by atoms with Gasteiger partial charge in [-0.3, -0.25) is 4.90 Å². The molecule has 3 aliphatic carbocycles. The molecule has 0 saturated heterocycles. The first kappa shape index (κ1) is 12.0. The van der Waals surface area contributed by atoms with E-state index in [1.807, 2.05) is 0 Å². The maximum Gasteiger partial charge on any atom is 0.0139 e. The average molecular weight is 236 g/mol. The molecule has 0 radical (unpaired) electrons. The molecular formula is C15H28N2. The van der Waals surface area contributed by atoms with Gasteiger partial charge in [0.15, 0.2) is 0 Å². The molecule has 3 rings (SSSR count). The Labute approximate surface area is 106 Å². The Bertz CT molecular complexity index is 245. The van der Waals surface area contributed by atoms with E-state index in [1.165, 1.54) is 64.6 Å². The van der Waals surface area contributed by atoms with Gasteiger partial charge in [-0.25, -0.2) is 0 Å². The predicted octanol–water partition coefficient (Wildman–Crippen LogP) is 2.64. The van der Waals surface area contributed by atoms with Gasteiger partial charge in [0.25, 0.3) is 0 Å². The summed E-state index contributed by atoms with van der Waals surface area (Å²) in [6, 6.07) is 1.92. The number of nitrogens with one attached hydrogen (secondary N) is 1. The third kappa shape index (κ3) is 3.03. The van der Waals surface area contributed by atoms with E-state index in [0.717, 1.165) is 23.9 Å². The molecule has 3 saturated carbocycles. The Morgan fingerprint density at radius 1 is 1.06 bits per heavy atom. The van der Waals surface area contributed by atoms with E-state index in [0.29, 0.717) is 0 Å². The molecule has 0 amide bonds. The molecular weight excluding hydrogens is 208 g/mol. The zero-order valence-electron chi connectivity index (χ0n) is 11.3. The molecule has 98 valence electrons. The number of hydrogen-bond acceptors (Lipinski definition) is 2. The Balaban J connectivity index is 1.46. The van der Waals surface area contributed by atoms with E-state index >= 15 is 0 Å². The zero-order chi connectivity index (χ0) is 11.7. The smallest absolute Gasteiger partial charge is 0.0139 e. The van der Waals surface area contributed by atoms with Crippen molar-refractivity contribution < 1.29 is 0 Å². The van der Waals surface area contributed by atoms with Crippen LogP contribution in [0.25, 0.3) is 0 Å². The van der Waals surface area contributed by atoms with Crippen molar-refractivity contribution in [2.45, 2.75) is 64.0 Å². The minimum atomic E-state index is 0.937. The molecule has 0 aromatic heterocycles. The van der Waals surface area contributed by atoms with Crippen molar-refractivity contribution >= 4 is 0 Å². The van der Waals surface area contributed by atoms with Crippen LogP contribution >= 0.6 is 0 Å². The summed E-state index contributed by atoms with van der Waals surface area (Å²) in [4.78, 5) is 2.90. The summed E-state index contributed by atoms with van der Waals surface area (Å²) in [5.74, 6) is 2.03. The van der Waals surface area contributed by atoms with Gasteiger partial charge in [-0.1, -0.05) is 6.92 Å². The molecule has 0 bridgehead atoms. The number of hydrogen-bond donors (Lipinski definition) is 1. The second-order valence-corrected chi connectivity index (χ2v) is 6.48. The third-order valence-corrected chi connectivity index (χ3v) is 4.82. The van der Waals surface area contributed by atoms with Crippen LogP contribution in [0.15, 0.2) is 0 Å². The fraction of sp³-hybridized carbons (Fsp3) is 1.00. The summed E-state index contributed by atoms with van der Waals surface area (Å²) in [6.45, 7) is 6.16. The van der Waals surface area contributed by atoms with Crippen molar-refractivity contribution in [3.8, 4) is 0 Å². The summed E-state index contributed by atoms with van der Waals surface area (Å²) >= 11 is 0. The van der Waals surface area contributed by atoms with Crippen LogP contribution in [0.2, 0.25) is 0 Å². The normalized spacial score (nSPS) is 32.8. The van der Waals surface area contributed by atoms with Crippen LogP contribution in [0.5, 0.6) is 0 Å². The maximum absolute atomic E-state index is 3.62. The molecule has 0 aromatic rings. The molecule has 2 heteroatoms. The second kappa shape index (κ2) is 5.27. The van der Waals surface area contributed by atoms with E-state index in [9.17, 15) is 0 Å². The summed E-state index contributed by atoms with van der Waals surface area (Å²) in [7, 11) is 0.